The van der Waals surface area contributed by atoms with Crippen molar-refractivity contribution >= 4 is 27.3 Å². The number of sulfone groups is 1. The fraction of sp³-hybridized carbons (Fsp3) is 0.909. The van der Waals surface area contributed by atoms with Crippen LogP contribution < -0.4 is 0 Å². The van der Waals surface area contributed by atoms with Crippen LogP contribution in [0.3, 0.4) is 0 Å². The summed E-state index contributed by atoms with van der Waals surface area (Å²) >= 11 is 5.57. The Morgan fingerprint density at radius 2 is 2.18 bits per heavy atom. The van der Waals surface area contributed by atoms with Crippen molar-refractivity contribution in [3.8, 4) is 0 Å². The Morgan fingerprint density at radius 1 is 1.47 bits per heavy atom. The van der Waals surface area contributed by atoms with E-state index in [1.807, 2.05) is 0 Å². The molecule has 1 aliphatic heterocycles. The highest BCUT2D eigenvalue weighted by Gasteiger charge is 2.33. The molecule has 0 aliphatic carbocycles. The number of nitrogens with zero attached hydrogens (tertiary/aromatic N) is 1. The average Bonchev–Trinajstić information content (AvgIpc) is 2.60. The van der Waals surface area contributed by atoms with Crippen molar-refractivity contribution in [1.29, 1.82) is 0 Å². The molecule has 0 aromatic rings. The Kier molecular flexibility index (Phi) is 5.73. The first kappa shape index (κ1) is 14.8. The van der Waals surface area contributed by atoms with Crippen LogP contribution in [-0.4, -0.2) is 49.2 Å². The summed E-state index contributed by atoms with van der Waals surface area (Å²) in [4.78, 5) is 13.6. The summed E-state index contributed by atoms with van der Waals surface area (Å²) < 4.78 is 22.9. The molecular formula is C11H20ClNO3S. The minimum Gasteiger partial charge on any atom is -0.339 e. The smallest absolute Gasteiger partial charge is 0.224 e. The highest BCUT2D eigenvalue weighted by molar-refractivity contribution is 7.91. The van der Waals surface area contributed by atoms with Crippen LogP contribution in [0.2, 0.25) is 0 Å². The Balaban J connectivity index is 2.66. The lowest BCUT2D eigenvalue weighted by atomic mass is 10.2. The summed E-state index contributed by atoms with van der Waals surface area (Å²) in [5.41, 5.74) is 0. The first-order chi connectivity index (χ1) is 8.00. The number of carbonyl (C=O) groups is 1. The van der Waals surface area contributed by atoms with E-state index in [-0.39, 0.29) is 23.5 Å². The van der Waals surface area contributed by atoms with Gasteiger partial charge in [0, 0.05) is 24.9 Å². The van der Waals surface area contributed by atoms with Gasteiger partial charge in [-0.2, -0.15) is 0 Å². The van der Waals surface area contributed by atoms with Crippen molar-refractivity contribution in [2.75, 3.05) is 23.9 Å². The molecule has 0 aromatic carbocycles. The van der Waals surface area contributed by atoms with Gasteiger partial charge in [-0.3, -0.25) is 4.79 Å². The van der Waals surface area contributed by atoms with Crippen LogP contribution in [0, 0.1) is 0 Å². The van der Waals surface area contributed by atoms with Gasteiger partial charge in [-0.1, -0.05) is 13.3 Å². The fourth-order valence-electron chi connectivity index (χ4n) is 2.09. The van der Waals surface area contributed by atoms with E-state index in [1.54, 1.807) is 4.90 Å². The molecule has 6 heteroatoms. The monoisotopic (exact) mass is 281 g/mol. The van der Waals surface area contributed by atoms with E-state index in [0.29, 0.717) is 25.3 Å². The van der Waals surface area contributed by atoms with Crippen molar-refractivity contribution < 1.29 is 13.2 Å². The highest BCUT2D eigenvalue weighted by Crippen LogP contribution is 2.19. The number of carbonyl (C=O) groups excluding carboxylic acids is 1. The zero-order valence-electron chi connectivity index (χ0n) is 10.2. The molecule has 1 unspecified atom stereocenters. The molecule has 4 nitrogen and oxygen atoms in total. The summed E-state index contributed by atoms with van der Waals surface area (Å²) in [5, 5.41) is 0. The summed E-state index contributed by atoms with van der Waals surface area (Å²) in [6, 6.07) is -0.137. The van der Waals surface area contributed by atoms with E-state index in [4.69, 9.17) is 11.6 Å². The standard InChI is InChI=1S/C11H20ClNO3S/c1-2-3-7-13(11(14)4-6-12)10-5-8-17(15,16)9-10/h10H,2-9H2,1H3. The third kappa shape index (κ3) is 4.47. The van der Waals surface area contributed by atoms with Gasteiger partial charge in [0.2, 0.25) is 5.91 Å². The number of rotatable bonds is 6. The molecule has 0 bridgehead atoms. The second-order valence-corrected chi connectivity index (χ2v) is 7.04. The van der Waals surface area contributed by atoms with Crippen LogP contribution in [0.5, 0.6) is 0 Å². The summed E-state index contributed by atoms with van der Waals surface area (Å²) in [5.74, 6) is 0.593. The Labute approximate surface area is 108 Å². The van der Waals surface area contributed by atoms with Crippen LogP contribution in [0.1, 0.15) is 32.6 Å². The Bertz CT molecular complexity index is 356. The predicted molar refractivity (Wildman–Crippen MR) is 69.0 cm³/mol. The van der Waals surface area contributed by atoms with E-state index in [0.717, 1.165) is 12.8 Å². The van der Waals surface area contributed by atoms with Gasteiger partial charge in [0.05, 0.1) is 11.5 Å². The molecule has 17 heavy (non-hydrogen) atoms. The quantitative estimate of drug-likeness (QED) is 0.692. The minimum atomic E-state index is -2.94. The number of hydrogen-bond donors (Lipinski definition) is 0. The third-order valence-electron chi connectivity index (χ3n) is 3.03. The zero-order valence-corrected chi connectivity index (χ0v) is 11.8. The van der Waals surface area contributed by atoms with E-state index in [2.05, 4.69) is 6.92 Å². The molecule has 0 saturated carbocycles. The van der Waals surface area contributed by atoms with Gasteiger partial charge in [-0.25, -0.2) is 8.42 Å². The molecule has 1 heterocycles. The SMILES string of the molecule is CCCCN(C(=O)CCCl)C1CCS(=O)(=O)C1. The molecule has 1 amide bonds. The van der Waals surface area contributed by atoms with Crippen LogP contribution in [0.25, 0.3) is 0 Å². The summed E-state index contributed by atoms with van der Waals surface area (Å²) in [6.07, 6.45) is 2.76. The predicted octanol–water partition coefficient (Wildman–Crippen LogP) is 1.43. The maximum absolute atomic E-state index is 11.9. The molecule has 1 fully saturated rings. The lowest BCUT2D eigenvalue weighted by Crippen LogP contribution is -2.41. The lowest BCUT2D eigenvalue weighted by molar-refractivity contribution is -0.132. The van der Waals surface area contributed by atoms with E-state index in [1.165, 1.54) is 0 Å². The second kappa shape index (κ2) is 6.59. The fourth-order valence-corrected chi connectivity index (χ4v) is 3.98. The molecule has 100 valence electrons. The lowest BCUT2D eigenvalue weighted by Gasteiger charge is -2.28. The largest absolute Gasteiger partial charge is 0.339 e. The summed E-state index contributed by atoms with van der Waals surface area (Å²) in [6.45, 7) is 2.70. The zero-order chi connectivity index (χ0) is 12.9. The molecule has 1 saturated heterocycles. The van der Waals surface area contributed by atoms with Crippen LogP contribution in [0.4, 0.5) is 0 Å². The molecule has 1 rings (SSSR count). The number of amides is 1. The normalized spacial score (nSPS) is 22.6. The maximum Gasteiger partial charge on any atom is 0.224 e. The van der Waals surface area contributed by atoms with Crippen molar-refractivity contribution in [3.63, 3.8) is 0 Å². The molecule has 0 spiro atoms. The Hall–Kier alpha value is -0.290. The van der Waals surface area contributed by atoms with Crippen LogP contribution >= 0.6 is 11.6 Å². The van der Waals surface area contributed by atoms with Crippen molar-refractivity contribution in [1.82, 2.24) is 4.90 Å². The van der Waals surface area contributed by atoms with E-state index in [9.17, 15) is 13.2 Å². The van der Waals surface area contributed by atoms with Gasteiger partial charge in [0.15, 0.2) is 9.84 Å². The van der Waals surface area contributed by atoms with Gasteiger partial charge in [0.25, 0.3) is 0 Å². The topological polar surface area (TPSA) is 54.5 Å². The van der Waals surface area contributed by atoms with Gasteiger partial charge in [0.1, 0.15) is 0 Å². The van der Waals surface area contributed by atoms with Gasteiger partial charge in [-0.05, 0) is 12.8 Å². The molecule has 0 radical (unpaired) electrons. The molecule has 1 aliphatic rings. The highest BCUT2D eigenvalue weighted by atomic mass is 35.5. The summed E-state index contributed by atoms with van der Waals surface area (Å²) in [7, 11) is -2.94. The molecule has 1 atom stereocenters. The number of unbranched alkanes of at least 4 members (excludes halogenated alkanes) is 1. The molecular weight excluding hydrogens is 262 g/mol. The Morgan fingerprint density at radius 3 is 2.65 bits per heavy atom. The minimum absolute atomic E-state index is 0.0180. The van der Waals surface area contributed by atoms with Gasteiger partial charge < -0.3 is 4.90 Å². The number of hydrogen-bond acceptors (Lipinski definition) is 3. The molecule has 0 N–H and O–H groups in total. The third-order valence-corrected chi connectivity index (χ3v) is 4.97. The number of alkyl halides is 1. The van der Waals surface area contributed by atoms with Crippen LogP contribution in [-0.2, 0) is 14.6 Å². The maximum atomic E-state index is 11.9. The van der Waals surface area contributed by atoms with Crippen molar-refractivity contribution in [2.45, 2.75) is 38.6 Å². The van der Waals surface area contributed by atoms with Crippen molar-refractivity contribution in [2.24, 2.45) is 0 Å². The number of halogens is 1. The van der Waals surface area contributed by atoms with Crippen LogP contribution in [0.15, 0.2) is 0 Å². The van der Waals surface area contributed by atoms with Crippen molar-refractivity contribution in [3.05, 3.63) is 0 Å². The van der Waals surface area contributed by atoms with E-state index < -0.39 is 9.84 Å². The average molecular weight is 282 g/mol. The second-order valence-electron chi connectivity index (χ2n) is 4.44. The first-order valence-corrected chi connectivity index (χ1v) is 8.41. The van der Waals surface area contributed by atoms with Gasteiger partial charge >= 0.3 is 0 Å². The molecule has 0 aromatic heterocycles. The van der Waals surface area contributed by atoms with E-state index >= 15 is 0 Å². The van der Waals surface area contributed by atoms with Gasteiger partial charge in [-0.15, -0.1) is 11.6 Å². The first-order valence-electron chi connectivity index (χ1n) is 6.06.